The Labute approximate surface area is 108 Å². The van der Waals surface area contributed by atoms with E-state index in [0.29, 0.717) is 16.6 Å². The molecule has 1 rings (SSSR count). The van der Waals surface area contributed by atoms with Crippen LogP contribution in [0, 0.1) is 0 Å². The van der Waals surface area contributed by atoms with Gasteiger partial charge in [-0.1, -0.05) is 6.92 Å². The minimum Gasteiger partial charge on any atom is -0.394 e. The zero-order valence-corrected chi connectivity index (χ0v) is 11.1. The Bertz CT molecular complexity index is 386. The fourth-order valence-corrected chi connectivity index (χ4v) is 1.66. The van der Waals surface area contributed by atoms with Crippen LogP contribution in [0.25, 0.3) is 0 Å². The number of carbonyl (C=O) groups excluding carboxylic acids is 1. The number of amides is 1. The molecule has 0 spiro atoms. The van der Waals surface area contributed by atoms with Crippen LogP contribution in [0.2, 0.25) is 0 Å². The number of nitrogens with one attached hydrogen (secondary N) is 1. The molecule has 1 aromatic heterocycles. The van der Waals surface area contributed by atoms with Crippen molar-refractivity contribution in [3.05, 3.63) is 28.5 Å². The molecule has 0 aliphatic rings. The summed E-state index contributed by atoms with van der Waals surface area (Å²) in [4.78, 5) is 15.8. The quantitative estimate of drug-likeness (QED) is 0.700. The second-order valence-corrected chi connectivity index (χ2v) is 4.58. The lowest BCUT2D eigenvalue weighted by molar-refractivity contribution is 0.0653. The van der Waals surface area contributed by atoms with E-state index >= 15 is 0 Å². The number of pyridine rings is 1. The van der Waals surface area contributed by atoms with Crippen LogP contribution in [0.4, 0.5) is 0 Å². The zero-order chi connectivity index (χ0) is 12.9. The molecule has 1 amide bonds. The monoisotopic (exact) mass is 302 g/mol. The Kier molecular flexibility index (Phi) is 5.04. The van der Waals surface area contributed by atoms with Gasteiger partial charge in [-0.15, -0.1) is 0 Å². The average molecular weight is 303 g/mol. The first-order valence-electron chi connectivity index (χ1n) is 5.22. The third-order valence-electron chi connectivity index (χ3n) is 2.65. The summed E-state index contributed by atoms with van der Waals surface area (Å²) >= 11 is 3.17. The SMILES string of the molecule is CCC(CO)(CO)NC(=O)c1ccnc(Br)c1. The van der Waals surface area contributed by atoms with Crippen molar-refractivity contribution in [1.29, 1.82) is 0 Å². The lowest BCUT2D eigenvalue weighted by atomic mass is 9.98. The van der Waals surface area contributed by atoms with E-state index in [9.17, 15) is 15.0 Å². The van der Waals surface area contributed by atoms with E-state index in [1.54, 1.807) is 19.1 Å². The van der Waals surface area contributed by atoms with E-state index in [-0.39, 0.29) is 19.1 Å². The Morgan fingerprint density at radius 2 is 2.18 bits per heavy atom. The van der Waals surface area contributed by atoms with Crippen LogP contribution < -0.4 is 5.32 Å². The van der Waals surface area contributed by atoms with Crippen molar-refractivity contribution in [2.24, 2.45) is 0 Å². The maximum atomic E-state index is 11.9. The van der Waals surface area contributed by atoms with Gasteiger partial charge in [-0.25, -0.2) is 4.98 Å². The van der Waals surface area contributed by atoms with Gasteiger partial charge >= 0.3 is 0 Å². The van der Waals surface area contributed by atoms with E-state index in [1.165, 1.54) is 6.20 Å². The van der Waals surface area contributed by atoms with Gasteiger partial charge in [0.1, 0.15) is 4.60 Å². The molecule has 0 bridgehead atoms. The van der Waals surface area contributed by atoms with Crippen LogP contribution >= 0.6 is 15.9 Å². The summed E-state index contributed by atoms with van der Waals surface area (Å²) < 4.78 is 0.556. The first-order valence-corrected chi connectivity index (χ1v) is 6.02. The number of carbonyl (C=O) groups is 1. The van der Waals surface area contributed by atoms with Gasteiger partial charge < -0.3 is 15.5 Å². The van der Waals surface area contributed by atoms with Crippen molar-refractivity contribution in [1.82, 2.24) is 10.3 Å². The number of rotatable bonds is 5. The van der Waals surface area contributed by atoms with E-state index in [0.717, 1.165) is 0 Å². The molecule has 0 fully saturated rings. The number of hydrogen-bond donors (Lipinski definition) is 3. The van der Waals surface area contributed by atoms with E-state index in [4.69, 9.17) is 0 Å². The van der Waals surface area contributed by atoms with Crippen molar-refractivity contribution in [3.8, 4) is 0 Å². The van der Waals surface area contributed by atoms with Gasteiger partial charge in [0.05, 0.1) is 18.8 Å². The molecule has 0 unspecified atom stereocenters. The summed E-state index contributed by atoms with van der Waals surface area (Å²) in [5.41, 5.74) is -0.557. The standard InChI is InChI=1S/C11H15BrN2O3/c1-2-11(6-15,7-16)14-10(17)8-3-4-13-9(12)5-8/h3-5,15-16H,2,6-7H2,1H3,(H,14,17). The fraction of sp³-hybridized carbons (Fsp3) is 0.455. The number of aliphatic hydroxyl groups excluding tert-OH is 2. The number of hydrogen-bond acceptors (Lipinski definition) is 4. The Morgan fingerprint density at radius 3 is 2.65 bits per heavy atom. The summed E-state index contributed by atoms with van der Waals surface area (Å²) in [5, 5.41) is 21.1. The number of aliphatic hydroxyl groups is 2. The van der Waals surface area contributed by atoms with Gasteiger partial charge in [-0.3, -0.25) is 4.79 Å². The predicted octanol–water partition coefficient (Wildman–Crippen LogP) is 0.707. The summed E-state index contributed by atoms with van der Waals surface area (Å²) in [7, 11) is 0. The van der Waals surface area contributed by atoms with Crippen LogP contribution in [0.1, 0.15) is 23.7 Å². The van der Waals surface area contributed by atoms with E-state index < -0.39 is 5.54 Å². The van der Waals surface area contributed by atoms with Crippen LogP contribution in [0.15, 0.2) is 22.9 Å². The molecule has 0 saturated carbocycles. The van der Waals surface area contributed by atoms with Crippen LogP contribution in [-0.4, -0.2) is 39.9 Å². The first kappa shape index (κ1) is 14.1. The Balaban J connectivity index is 2.84. The van der Waals surface area contributed by atoms with Crippen molar-refractivity contribution in [2.75, 3.05) is 13.2 Å². The highest BCUT2D eigenvalue weighted by Gasteiger charge is 2.28. The van der Waals surface area contributed by atoms with Crippen molar-refractivity contribution in [2.45, 2.75) is 18.9 Å². The summed E-state index contributed by atoms with van der Waals surface area (Å²) in [5.74, 6) is -0.349. The number of nitrogens with zero attached hydrogens (tertiary/aromatic N) is 1. The molecular weight excluding hydrogens is 288 g/mol. The topological polar surface area (TPSA) is 82.5 Å². The van der Waals surface area contributed by atoms with Crippen LogP contribution in [0.3, 0.4) is 0 Å². The molecule has 1 aromatic rings. The summed E-state index contributed by atoms with van der Waals surface area (Å²) in [6.07, 6.45) is 1.95. The fourth-order valence-electron chi connectivity index (χ4n) is 1.30. The molecular formula is C11H15BrN2O3. The minimum absolute atomic E-state index is 0.308. The molecule has 94 valence electrons. The average Bonchev–Trinajstić information content (AvgIpc) is 2.36. The van der Waals surface area contributed by atoms with E-state index in [2.05, 4.69) is 26.2 Å². The third kappa shape index (κ3) is 3.49. The molecule has 0 radical (unpaired) electrons. The maximum Gasteiger partial charge on any atom is 0.252 e. The minimum atomic E-state index is -0.979. The molecule has 3 N–H and O–H groups in total. The smallest absolute Gasteiger partial charge is 0.252 e. The molecule has 0 atom stereocenters. The highest BCUT2D eigenvalue weighted by Crippen LogP contribution is 2.12. The first-order chi connectivity index (χ1) is 8.06. The second-order valence-electron chi connectivity index (χ2n) is 3.77. The Morgan fingerprint density at radius 1 is 1.53 bits per heavy atom. The van der Waals surface area contributed by atoms with Gasteiger partial charge in [0.25, 0.3) is 5.91 Å². The van der Waals surface area contributed by atoms with E-state index in [1.807, 2.05) is 0 Å². The van der Waals surface area contributed by atoms with Crippen LogP contribution in [-0.2, 0) is 0 Å². The largest absolute Gasteiger partial charge is 0.394 e. The zero-order valence-electron chi connectivity index (χ0n) is 9.48. The van der Waals surface area contributed by atoms with Crippen molar-refractivity contribution in [3.63, 3.8) is 0 Å². The van der Waals surface area contributed by atoms with Gasteiger partial charge in [-0.05, 0) is 34.5 Å². The van der Waals surface area contributed by atoms with Gasteiger partial charge in [0.15, 0.2) is 0 Å². The number of halogens is 1. The van der Waals surface area contributed by atoms with Gasteiger partial charge in [-0.2, -0.15) is 0 Å². The lowest BCUT2D eigenvalue weighted by Crippen LogP contribution is -2.53. The van der Waals surface area contributed by atoms with Crippen molar-refractivity contribution < 1.29 is 15.0 Å². The van der Waals surface area contributed by atoms with Crippen LogP contribution in [0.5, 0.6) is 0 Å². The molecule has 5 nitrogen and oxygen atoms in total. The third-order valence-corrected chi connectivity index (χ3v) is 3.08. The highest BCUT2D eigenvalue weighted by molar-refractivity contribution is 9.10. The molecule has 0 aliphatic carbocycles. The lowest BCUT2D eigenvalue weighted by Gasteiger charge is -2.29. The molecule has 1 heterocycles. The summed E-state index contributed by atoms with van der Waals surface area (Å²) in [6.45, 7) is 1.17. The second kappa shape index (κ2) is 6.09. The Hall–Kier alpha value is -0.980. The molecule has 0 aliphatic heterocycles. The molecule has 6 heteroatoms. The maximum absolute atomic E-state index is 11.9. The molecule has 0 saturated heterocycles. The predicted molar refractivity (Wildman–Crippen MR) is 66.6 cm³/mol. The van der Waals surface area contributed by atoms with Crippen molar-refractivity contribution >= 4 is 21.8 Å². The van der Waals surface area contributed by atoms with Gasteiger partial charge in [0, 0.05) is 11.8 Å². The highest BCUT2D eigenvalue weighted by atomic mass is 79.9. The molecule has 0 aromatic carbocycles. The summed E-state index contributed by atoms with van der Waals surface area (Å²) in [6, 6.07) is 3.14. The normalized spacial score (nSPS) is 11.3. The molecule has 17 heavy (non-hydrogen) atoms. The number of aromatic nitrogens is 1. The van der Waals surface area contributed by atoms with Gasteiger partial charge in [0.2, 0.25) is 0 Å².